The van der Waals surface area contributed by atoms with Crippen LogP contribution in [-0.2, 0) is 5.41 Å². The van der Waals surface area contributed by atoms with Gasteiger partial charge < -0.3 is 5.32 Å². The monoisotopic (exact) mass is 275 g/mol. The molecule has 0 amide bonds. The van der Waals surface area contributed by atoms with Crippen molar-refractivity contribution in [1.29, 1.82) is 0 Å². The van der Waals surface area contributed by atoms with Crippen LogP contribution in [0.1, 0.15) is 78.0 Å². The Morgan fingerprint density at radius 1 is 1.05 bits per heavy atom. The standard InChI is InChI=1S/C19H33N/c1-7-20-18(14-10-11-15(2)3)16-12-8-9-13-17(16)19(4,5)6/h8-9,12-13,15,18,20H,7,10-11,14H2,1-6H3. The molecule has 0 aliphatic rings. The van der Waals surface area contributed by atoms with Crippen LogP contribution in [0.15, 0.2) is 24.3 Å². The second kappa shape index (κ2) is 7.83. The molecule has 0 aromatic heterocycles. The molecule has 0 saturated carbocycles. The SMILES string of the molecule is CCNC(CCCC(C)C)c1ccccc1C(C)(C)C. The molecule has 1 nitrogen and oxygen atoms in total. The van der Waals surface area contributed by atoms with E-state index in [-0.39, 0.29) is 5.41 Å². The highest BCUT2D eigenvalue weighted by Gasteiger charge is 2.21. The maximum Gasteiger partial charge on any atom is 0.0323 e. The predicted molar refractivity (Wildman–Crippen MR) is 90.2 cm³/mol. The number of rotatable bonds is 7. The first-order valence-electron chi connectivity index (χ1n) is 8.19. The Bertz CT molecular complexity index is 387. The molecule has 1 aromatic carbocycles. The van der Waals surface area contributed by atoms with Gasteiger partial charge in [0, 0.05) is 6.04 Å². The summed E-state index contributed by atoms with van der Waals surface area (Å²) in [5.74, 6) is 0.801. The van der Waals surface area contributed by atoms with Crippen molar-refractivity contribution in [2.24, 2.45) is 5.92 Å². The molecule has 0 aliphatic heterocycles. The summed E-state index contributed by atoms with van der Waals surface area (Å²) in [6, 6.07) is 9.44. The minimum Gasteiger partial charge on any atom is -0.310 e. The van der Waals surface area contributed by atoms with E-state index >= 15 is 0 Å². The van der Waals surface area contributed by atoms with Crippen LogP contribution in [-0.4, -0.2) is 6.54 Å². The second-order valence-corrected chi connectivity index (χ2v) is 7.27. The molecule has 20 heavy (non-hydrogen) atoms. The summed E-state index contributed by atoms with van der Waals surface area (Å²) in [5.41, 5.74) is 3.18. The first-order chi connectivity index (χ1) is 9.36. The average Bonchev–Trinajstić information content (AvgIpc) is 2.36. The van der Waals surface area contributed by atoms with E-state index in [1.165, 1.54) is 30.4 Å². The Morgan fingerprint density at radius 2 is 1.70 bits per heavy atom. The van der Waals surface area contributed by atoms with Crippen LogP contribution in [0.2, 0.25) is 0 Å². The van der Waals surface area contributed by atoms with E-state index < -0.39 is 0 Å². The lowest BCUT2D eigenvalue weighted by atomic mass is 9.81. The van der Waals surface area contributed by atoms with Gasteiger partial charge in [-0.05, 0) is 35.4 Å². The maximum atomic E-state index is 3.69. The summed E-state index contributed by atoms with van der Waals surface area (Å²) >= 11 is 0. The first-order valence-corrected chi connectivity index (χ1v) is 8.19. The van der Waals surface area contributed by atoms with E-state index in [9.17, 15) is 0 Å². The van der Waals surface area contributed by atoms with Gasteiger partial charge in [-0.1, -0.05) is 78.6 Å². The molecule has 114 valence electrons. The van der Waals surface area contributed by atoms with Crippen LogP contribution < -0.4 is 5.32 Å². The molecule has 1 atom stereocenters. The summed E-state index contributed by atoms with van der Waals surface area (Å²) in [6.45, 7) is 14.8. The molecule has 1 rings (SSSR count). The van der Waals surface area contributed by atoms with Gasteiger partial charge in [-0.3, -0.25) is 0 Å². The third-order valence-corrected chi connectivity index (χ3v) is 3.87. The zero-order valence-electron chi connectivity index (χ0n) is 14.3. The molecule has 1 heteroatoms. The van der Waals surface area contributed by atoms with Crippen molar-refractivity contribution in [1.82, 2.24) is 5.32 Å². The Hall–Kier alpha value is -0.820. The number of benzene rings is 1. The highest BCUT2D eigenvalue weighted by atomic mass is 14.9. The van der Waals surface area contributed by atoms with Crippen molar-refractivity contribution < 1.29 is 0 Å². The Kier molecular flexibility index (Phi) is 6.75. The highest BCUT2D eigenvalue weighted by Crippen LogP contribution is 2.31. The minimum absolute atomic E-state index is 0.211. The maximum absolute atomic E-state index is 3.69. The molecule has 0 heterocycles. The number of hydrogen-bond acceptors (Lipinski definition) is 1. The molecule has 0 radical (unpaired) electrons. The molecule has 0 spiro atoms. The van der Waals surface area contributed by atoms with Crippen LogP contribution in [0, 0.1) is 5.92 Å². The molecule has 0 saturated heterocycles. The fourth-order valence-corrected chi connectivity index (χ4v) is 2.83. The minimum atomic E-state index is 0.211. The largest absolute Gasteiger partial charge is 0.310 e. The lowest BCUT2D eigenvalue weighted by Gasteiger charge is -2.28. The molecule has 1 unspecified atom stereocenters. The average molecular weight is 275 g/mol. The Labute approximate surface area is 126 Å². The number of nitrogens with one attached hydrogen (secondary N) is 1. The summed E-state index contributed by atoms with van der Waals surface area (Å²) in [5, 5.41) is 3.69. The zero-order chi connectivity index (χ0) is 15.2. The third kappa shape index (κ3) is 5.28. The highest BCUT2D eigenvalue weighted by molar-refractivity contribution is 5.35. The van der Waals surface area contributed by atoms with Gasteiger partial charge in [0.2, 0.25) is 0 Å². The van der Waals surface area contributed by atoms with E-state index in [0.29, 0.717) is 6.04 Å². The van der Waals surface area contributed by atoms with Crippen LogP contribution in [0.5, 0.6) is 0 Å². The van der Waals surface area contributed by atoms with E-state index in [0.717, 1.165) is 12.5 Å². The van der Waals surface area contributed by atoms with Gasteiger partial charge in [-0.15, -0.1) is 0 Å². The third-order valence-electron chi connectivity index (χ3n) is 3.87. The van der Waals surface area contributed by atoms with Gasteiger partial charge in [-0.25, -0.2) is 0 Å². The van der Waals surface area contributed by atoms with Crippen molar-refractivity contribution in [2.45, 2.75) is 72.3 Å². The van der Waals surface area contributed by atoms with Gasteiger partial charge in [-0.2, -0.15) is 0 Å². The van der Waals surface area contributed by atoms with Crippen molar-refractivity contribution in [3.8, 4) is 0 Å². The van der Waals surface area contributed by atoms with Crippen molar-refractivity contribution >= 4 is 0 Å². The van der Waals surface area contributed by atoms with Gasteiger partial charge in [0.05, 0.1) is 0 Å². The summed E-state index contributed by atoms with van der Waals surface area (Å²) < 4.78 is 0. The molecule has 1 aromatic rings. The van der Waals surface area contributed by atoms with E-state index in [4.69, 9.17) is 0 Å². The van der Waals surface area contributed by atoms with Gasteiger partial charge >= 0.3 is 0 Å². The molecule has 0 fully saturated rings. The topological polar surface area (TPSA) is 12.0 Å². The van der Waals surface area contributed by atoms with E-state index in [2.05, 4.69) is 71.1 Å². The summed E-state index contributed by atoms with van der Waals surface area (Å²) in [6.07, 6.45) is 3.85. The van der Waals surface area contributed by atoms with Crippen molar-refractivity contribution in [3.05, 3.63) is 35.4 Å². The molecule has 0 aliphatic carbocycles. The summed E-state index contributed by atoms with van der Waals surface area (Å²) in [4.78, 5) is 0. The molecule has 1 N–H and O–H groups in total. The van der Waals surface area contributed by atoms with Crippen LogP contribution in [0.3, 0.4) is 0 Å². The Balaban J connectivity index is 2.91. The van der Waals surface area contributed by atoms with Gasteiger partial charge in [0.15, 0.2) is 0 Å². The molecular formula is C19H33N. The quantitative estimate of drug-likeness (QED) is 0.696. The number of hydrogen-bond donors (Lipinski definition) is 1. The van der Waals surface area contributed by atoms with Crippen LogP contribution in [0.25, 0.3) is 0 Å². The normalized spacial score (nSPS) is 13.8. The fraction of sp³-hybridized carbons (Fsp3) is 0.684. The van der Waals surface area contributed by atoms with Crippen LogP contribution in [0.4, 0.5) is 0 Å². The fourth-order valence-electron chi connectivity index (χ4n) is 2.83. The predicted octanol–water partition coefficient (Wildman–Crippen LogP) is 5.46. The Morgan fingerprint density at radius 3 is 2.25 bits per heavy atom. The first kappa shape index (κ1) is 17.2. The smallest absolute Gasteiger partial charge is 0.0323 e. The van der Waals surface area contributed by atoms with E-state index in [1.54, 1.807) is 0 Å². The van der Waals surface area contributed by atoms with Crippen LogP contribution >= 0.6 is 0 Å². The van der Waals surface area contributed by atoms with Gasteiger partial charge in [0.1, 0.15) is 0 Å². The zero-order valence-corrected chi connectivity index (χ0v) is 14.3. The van der Waals surface area contributed by atoms with E-state index in [1.807, 2.05) is 0 Å². The molecular weight excluding hydrogens is 242 g/mol. The lowest BCUT2D eigenvalue weighted by molar-refractivity contribution is 0.446. The lowest BCUT2D eigenvalue weighted by Crippen LogP contribution is -2.25. The summed E-state index contributed by atoms with van der Waals surface area (Å²) in [7, 11) is 0. The second-order valence-electron chi connectivity index (χ2n) is 7.27. The van der Waals surface area contributed by atoms with Crippen molar-refractivity contribution in [2.75, 3.05) is 6.54 Å². The van der Waals surface area contributed by atoms with Crippen molar-refractivity contribution in [3.63, 3.8) is 0 Å². The van der Waals surface area contributed by atoms with Gasteiger partial charge in [0.25, 0.3) is 0 Å². The molecule has 0 bridgehead atoms.